The van der Waals surface area contributed by atoms with E-state index in [0.29, 0.717) is 24.2 Å². The molecule has 0 aliphatic rings. The molecule has 0 amide bonds. The summed E-state index contributed by atoms with van der Waals surface area (Å²) in [6.07, 6.45) is 1.44. The van der Waals surface area contributed by atoms with Gasteiger partial charge < -0.3 is 11.5 Å². The van der Waals surface area contributed by atoms with Gasteiger partial charge in [0.1, 0.15) is 0 Å². The van der Waals surface area contributed by atoms with Crippen LogP contribution in [0.25, 0.3) is 0 Å². The molecule has 1 aromatic heterocycles. The molecule has 0 aliphatic heterocycles. The minimum atomic E-state index is -0.154. The van der Waals surface area contributed by atoms with Gasteiger partial charge in [0.25, 0.3) is 5.56 Å². The molecule has 14 heavy (non-hydrogen) atoms. The van der Waals surface area contributed by atoms with E-state index in [1.54, 1.807) is 6.92 Å². The number of H-pyrrole nitrogens is 1. The molecule has 1 heterocycles. The monoisotopic (exact) mass is 218 g/mol. The lowest BCUT2D eigenvalue weighted by Gasteiger charge is -2.03. The Morgan fingerprint density at radius 2 is 2.14 bits per heavy atom. The zero-order chi connectivity index (χ0) is 9.84. The number of nitrogen functional groups attached to an aromatic ring is 1. The van der Waals surface area contributed by atoms with Crippen molar-refractivity contribution in [3.63, 3.8) is 0 Å². The van der Waals surface area contributed by atoms with Gasteiger partial charge in [-0.2, -0.15) is 0 Å². The number of hydrogen-bond donors (Lipinski definition) is 3. The number of rotatable bonds is 3. The van der Waals surface area contributed by atoms with Gasteiger partial charge in [0.2, 0.25) is 5.95 Å². The second-order valence-electron chi connectivity index (χ2n) is 2.91. The number of nitrogens with two attached hydrogens (primary N) is 2. The quantitative estimate of drug-likeness (QED) is 0.664. The molecule has 80 valence electrons. The van der Waals surface area contributed by atoms with E-state index in [-0.39, 0.29) is 23.9 Å². The van der Waals surface area contributed by atoms with Crippen LogP contribution in [0.4, 0.5) is 5.95 Å². The third-order valence-electron chi connectivity index (χ3n) is 1.87. The Morgan fingerprint density at radius 1 is 1.50 bits per heavy atom. The molecule has 5 N–H and O–H groups in total. The number of aromatic nitrogens is 2. The lowest BCUT2D eigenvalue weighted by molar-refractivity contribution is 0.807. The van der Waals surface area contributed by atoms with Crippen LogP contribution in [0.5, 0.6) is 0 Å². The fraction of sp³-hybridized carbons (Fsp3) is 0.500. The van der Waals surface area contributed by atoms with Crippen molar-refractivity contribution >= 4 is 18.4 Å². The summed E-state index contributed by atoms with van der Waals surface area (Å²) in [4.78, 5) is 17.8. The Bertz CT molecular complexity index is 350. The molecule has 0 saturated carbocycles. The standard InChI is InChI=1S/C8H14N4O.ClH/c1-5-6(3-2-4-9)7(13)12-8(10)11-5;/h2-4,9H2,1H3,(H3,10,11,12,13);1H. The van der Waals surface area contributed by atoms with E-state index in [4.69, 9.17) is 11.5 Å². The van der Waals surface area contributed by atoms with E-state index in [0.717, 1.165) is 6.42 Å². The highest BCUT2D eigenvalue weighted by molar-refractivity contribution is 5.85. The lowest BCUT2D eigenvalue weighted by Crippen LogP contribution is -2.19. The minimum Gasteiger partial charge on any atom is -0.369 e. The summed E-state index contributed by atoms with van der Waals surface area (Å²) in [7, 11) is 0. The highest BCUT2D eigenvalue weighted by Crippen LogP contribution is 2.02. The Hall–Kier alpha value is -1.07. The van der Waals surface area contributed by atoms with Crippen LogP contribution in [-0.2, 0) is 6.42 Å². The minimum absolute atomic E-state index is 0. The third-order valence-corrected chi connectivity index (χ3v) is 1.87. The molecule has 0 bridgehead atoms. The highest BCUT2D eigenvalue weighted by atomic mass is 35.5. The Balaban J connectivity index is 0.00000169. The number of halogens is 1. The van der Waals surface area contributed by atoms with E-state index in [2.05, 4.69) is 9.97 Å². The van der Waals surface area contributed by atoms with Crippen LogP contribution in [0, 0.1) is 6.92 Å². The molecule has 6 heteroatoms. The van der Waals surface area contributed by atoms with Crippen molar-refractivity contribution in [3.8, 4) is 0 Å². The van der Waals surface area contributed by atoms with Crippen LogP contribution in [0.1, 0.15) is 17.7 Å². The van der Waals surface area contributed by atoms with E-state index in [1.807, 2.05) is 0 Å². The maximum absolute atomic E-state index is 11.4. The Labute approximate surface area is 88.3 Å². The number of aromatic amines is 1. The first-order valence-electron chi connectivity index (χ1n) is 4.20. The van der Waals surface area contributed by atoms with Crippen molar-refractivity contribution in [3.05, 3.63) is 21.6 Å². The molecule has 0 radical (unpaired) electrons. The summed E-state index contributed by atoms with van der Waals surface area (Å²) in [5.41, 5.74) is 11.9. The number of hydrogen-bond acceptors (Lipinski definition) is 4. The Kier molecular flexibility index (Phi) is 5.19. The van der Waals surface area contributed by atoms with Crippen LogP contribution >= 0.6 is 12.4 Å². The second kappa shape index (κ2) is 5.62. The van der Waals surface area contributed by atoms with Gasteiger partial charge in [-0.25, -0.2) is 4.98 Å². The molecule has 5 nitrogen and oxygen atoms in total. The molecular formula is C8H15ClN4O. The molecule has 0 fully saturated rings. The van der Waals surface area contributed by atoms with Crippen molar-refractivity contribution in [1.82, 2.24) is 9.97 Å². The zero-order valence-electron chi connectivity index (χ0n) is 8.04. The van der Waals surface area contributed by atoms with Crippen molar-refractivity contribution in [1.29, 1.82) is 0 Å². The fourth-order valence-electron chi connectivity index (χ4n) is 1.21. The highest BCUT2D eigenvalue weighted by Gasteiger charge is 2.05. The summed E-state index contributed by atoms with van der Waals surface area (Å²) in [5, 5.41) is 0. The fourth-order valence-corrected chi connectivity index (χ4v) is 1.21. The van der Waals surface area contributed by atoms with E-state index in [9.17, 15) is 4.79 Å². The maximum atomic E-state index is 11.4. The van der Waals surface area contributed by atoms with Crippen LogP contribution in [0.15, 0.2) is 4.79 Å². The molecular weight excluding hydrogens is 204 g/mol. The largest absolute Gasteiger partial charge is 0.369 e. The van der Waals surface area contributed by atoms with Crippen LogP contribution in [0.3, 0.4) is 0 Å². The van der Waals surface area contributed by atoms with Crippen LogP contribution in [0.2, 0.25) is 0 Å². The van der Waals surface area contributed by atoms with Gasteiger partial charge in [0, 0.05) is 11.3 Å². The molecule has 0 atom stereocenters. The SMILES string of the molecule is Cc1nc(N)[nH]c(=O)c1CCCN.Cl. The average Bonchev–Trinajstić information content (AvgIpc) is 2.02. The number of nitrogens with one attached hydrogen (secondary N) is 1. The Morgan fingerprint density at radius 3 is 2.64 bits per heavy atom. The average molecular weight is 219 g/mol. The molecule has 0 saturated heterocycles. The van der Waals surface area contributed by atoms with Gasteiger partial charge in [-0.3, -0.25) is 9.78 Å². The first-order chi connectivity index (χ1) is 6.15. The summed E-state index contributed by atoms with van der Waals surface area (Å²) in [6, 6.07) is 0. The van der Waals surface area contributed by atoms with Crippen LogP contribution < -0.4 is 17.0 Å². The maximum Gasteiger partial charge on any atom is 0.255 e. The van der Waals surface area contributed by atoms with Crippen molar-refractivity contribution in [2.45, 2.75) is 19.8 Å². The van der Waals surface area contributed by atoms with Gasteiger partial charge in [-0.15, -0.1) is 12.4 Å². The zero-order valence-corrected chi connectivity index (χ0v) is 8.86. The molecule has 1 aromatic rings. The predicted molar refractivity (Wildman–Crippen MR) is 58.6 cm³/mol. The van der Waals surface area contributed by atoms with E-state index in [1.165, 1.54) is 0 Å². The molecule has 0 aliphatic carbocycles. The summed E-state index contributed by atoms with van der Waals surface area (Å²) < 4.78 is 0. The first-order valence-corrected chi connectivity index (χ1v) is 4.20. The molecule has 0 spiro atoms. The van der Waals surface area contributed by atoms with Gasteiger partial charge in [-0.05, 0) is 26.3 Å². The molecule has 1 rings (SSSR count). The second-order valence-corrected chi connectivity index (χ2v) is 2.91. The number of anilines is 1. The molecule has 0 unspecified atom stereocenters. The normalized spacial score (nSPS) is 9.57. The third kappa shape index (κ3) is 3.01. The van der Waals surface area contributed by atoms with Gasteiger partial charge in [-0.1, -0.05) is 0 Å². The summed E-state index contributed by atoms with van der Waals surface area (Å²) >= 11 is 0. The van der Waals surface area contributed by atoms with Crippen LogP contribution in [-0.4, -0.2) is 16.5 Å². The van der Waals surface area contributed by atoms with Gasteiger partial charge >= 0.3 is 0 Å². The van der Waals surface area contributed by atoms with Crippen molar-refractivity contribution in [2.24, 2.45) is 5.73 Å². The van der Waals surface area contributed by atoms with Gasteiger partial charge in [0.15, 0.2) is 0 Å². The molecule has 0 aromatic carbocycles. The van der Waals surface area contributed by atoms with Crippen molar-refractivity contribution < 1.29 is 0 Å². The summed E-state index contributed by atoms with van der Waals surface area (Å²) in [6.45, 7) is 2.35. The lowest BCUT2D eigenvalue weighted by atomic mass is 10.1. The van der Waals surface area contributed by atoms with Crippen molar-refractivity contribution in [2.75, 3.05) is 12.3 Å². The first kappa shape index (κ1) is 12.9. The number of nitrogens with zero attached hydrogens (tertiary/aromatic N) is 1. The van der Waals surface area contributed by atoms with Gasteiger partial charge in [0.05, 0.1) is 0 Å². The van der Waals surface area contributed by atoms with E-state index >= 15 is 0 Å². The smallest absolute Gasteiger partial charge is 0.255 e. The van der Waals surface area contributed by atoms with E-state index < -0.39 is 0 Å². The number of aryl methyl sites for hydroxylation is 1. The predicted octanol–water partition coefficient (Wildman–Crippen LogP) is -0.0264. The topological polar surface area (TPSA) is 97.8 Å². The summed E-state index contributed by atoms with van der Waals surface area (Å²) in [5.74, 6) is 0.166.